The molecule has 0 fully saturated rings. The van der Waals surface area contributed by atoms with Crippen molar-refractivity contribution in [2.75, 3.05) is 0 Å². The molecule has 0 saturated heterocycles. The molecule has 0 spiro atoms. The van der Waals surface area contributed by atoms with Crippen molar-refractivity contribution in [3.05, 3.63) is 23.0 Å². The van der Waals surface area contributed by atoms with E-state index in [0.717, 1.165) is 16.3 Å². The van der Waals surface area contributed by atoms with E-state index in [2.05, 4.69) is 4.98 Å². The highest BCUT2D eigenvalue weighted by molar-refractivity contribution is 7.15. The van der Waals surface area contributed by atoms with E-state index >= 15 is 0 Å². The molecule has 0 aromatic carbocycles. The number of hydrogen-bond donors (Lipinski definition) is 1. The van der Waals surface area contributed by atoms with Gasteiger partial charge in [0.15, 0.2) is 4.96 Å². The summed E-state index contributed by atoms with van der Waals surface area (Å²) in [6.07, 6.45) is 2.36. The van der Waals surface area contributed by atoms with Gasteiger partial charge in [-0.3, -0.25) is 4.40 Å². The Bertz CT molecular complexity index is 416. The lowest BCUT2D eigenvalue weighted by Crippen LogP contribution is -2.07. The first-order chi connectivity index (χ1) is 6.18. The first kappa shape index (κ1) is 8.72. The fraction of sp³-hybridized carbons (Fsp3) is 0.444. The van der Waals surface area contributed by atoms with Crippen molar-refractivity contribution >= 4 is 16.3 Å². The van der Waals surface area contributed by atoms with Crippen LogP contribution in [-0.2, 0) is 6.42 Å². The van der Waals surface area contributed by atoms with Gasteiger partial charge in [-0.2, -0.15) is 0 Å². The van der Waals surface area contributed by atoms with Gasteiger partial charge in [-0.05, 0) is 13.8 Å². The molecule has 1 atom stereocenters. The van der Waals surface area contributed by atoms with Gasteiger partial charge >= 0.3 is 0 Å². The SMILES string of the molecule is Cc1nc2sccn2c1C[C@H](C)O. The number of aliphatic hydroxyl groups is 1. The van der Waals surface area contributed by atoms with Crippen LogP contribution >= 0.6 is 11.3 Å². The van der Waals surface area contributed by atoms with Crippen molar-refractivity contribution in [3.8, 4) is 0 Å². The van der Waals surface area contributed by atoms with E-state index in [4.69, 9.17) is 0 Å². The molecule has 1 N–H and O–H groups in total. The maximum atomic E-state index is 9.31. The summed E-state index contributed by atoms with van der Waals surface area (Å²) in [6.45, 7) is 3.78. The molecule has 0 aliphatic carbocycles. The number of nitrogens with zero attached hydrogens (tertiary/aromatic N) is 2. The molecule has 4 heteroatoms. The highest BCUT2D eigenvalue weighted by Gasteiger charge is 2.10. The number of hydrogen-bond acceptors (Lipinski definition) is 3. The summed E-state index contributed by atoms with van der Waals surface area (Å²) in [6, 6.07) is 0. The largest absolute Gasteiger partial charge is 0.393 e. The topological polar surface area (TPSA) is 37.5 Å². The van der Waals surface area contributed by atoms with Gasteiger partial charge in [-0.1, -0.05) is 0 Å². The van der Waals surface area contributed by atoms with E-state index in [1.807, 2.05) is 22.9 Å². The number of aliphatic hydroxyl groups excluding tert-OH is 1. The molecule has 0 unspecified atom stereocenters. The van der Waals surface area contributed by atoms with Crippen molar-refractivity contribution in [2.24, 2.45) is 0 Å². The third-order valence-corrected chi connectivity index (χ3v) is 2.81. The normalized spacial score (nSPS) is 13.8. The predicted octanol–water partition coefficient (Wildman–Crippen LogP) is 1.63. The van der Waals surface area contributed by atoms with E-state index in [-0.39, 0.29) is 6.10 Å². The van der Waals surface area contributed by atoms with Gasteiger partial charge < -0.3 is 5.11 Å². The van der Waals surface area contributed by atoms with Crippen LogP contribution in [0.1, 0.15) is 18.3 Å². The van der Waals surface area contributed by atoms with Crippen LogP contribution < -0.4 is 0 Å². The molecule has 2 heterocycles. The van der Waals surface area contributed by atoms with E-state index in [1.54, 1.807) is 18.3 Å². The zero-order valence-electron chi connectivity index (χ0n) is 7.69. The van der Waals surface area contributed by atoms with Crippen LogP contribution in [0, 0.1) is 6.92 Å². The quantitative estimate of drug-likeness (QED) is 0.792. The smallest absolute Gasteiger partial charge is 0.194 e. The number of fused-ring (bicyclic) bond motifs is 1. The summed E-state index contributed by atoms with van der Waals surface area (Å²) in [5, 5.41) is 11.3. The van der Waals surface area contributed by atoms with Crippen LogP contribution in [0.15, 0.2) is 11.6 Å². The molecule has 3 nitrogen and oxygen atoms in total. The van der Waals surface area contributed by atoms with Crippen LogP contribution in [0.5, 0.6) is 0 Å². The van der Waals surface area contributed by atoms with Crippen molar-refractivity contribution < 1.29 is 5.11 Å². The third kappa shape index (κ3) is 1.47. The van der Waals surface area contributed by atoms with Gasteiger partial charge in [0.1, 0.15) is 0 Å². The Hall–Kier alpha value is -0.870. The van der Waals surface area contributed by atoms with Crippen LogP contribution in [0.2, 0.25) is 0 Å². The summed E-state index contributed by atoms with van der Waals surface area (Å²) >= 11 is 1.62. The van der Waals surface area contributed by atoms with Gasteiger partial charge in [0.05, 0.1) is 11.8 Å². The lowest BCUT2D eigenvalue weighted by Gasteiger charge is -2.03. The van der Waals surface area contributed by atoms with Crippen molar-refractivity contribution in [1.82, 2.24) is 9.38 Å². The van der Waals surface area contributed by atoms with Crippen LogP contribution in [0.4, 0.5) is 0 Å². The maximum Gasteiger partial charge on any atom is 0.194 e. The fourth-order valence-corrected chi connectivity index (χ4v) is 2.25. The Morgan fingerprint density at radius 1 is 1.69 bits per heavy atom. The van der Waals surface area contributed by atoms with Gasteiger partial charge in [0.2, 0.25) is 0 Å². The Balaban J connectivity index is 2.51. The maximum absolute atomic E-state index is 9.31. The Morgan fingerprint density at radius 3 is 3.15 bits per heavy atom. The first-order valence-electron chi connectivity index (χ1n) is 4.27. The molecule has 0 aliphatic heterocycles. The van der Waals surface area contributed by atoms with Crippen molar-refractivity contribution in [3.63, 3.8) is 0 Å². The standard InChI is InChI=1S/C9H12N2OS/c1-6(12)5-8-7(2)10-9-11(8)3-4-13-9/h3-4,6,12H,5H2,1-2H3/t6-/m0/s1. The second kappa shape index (κ2) is 3.12. The average molecular weight is 196 g/mol. The summed E-state index contributed by atoms with van der Waals surface area (Å²) < 4.78 is 2.05. The molecule has 70 valence electrons. The zero-order chi connectivity index (χ0) is 9.42. The number of thiazole rings is 1. The second-order valence-electron chi connectivity index (χ2n) is 3.25. The van der Waals surface area contributed by atoms with Crippen LogP contribution in [-0.4, -0.2) is 20.6 Å². The van der Waals surface area contributed by atoms with Gasteiger partial charge in [0.25, 0.3) is 0 Å². The van der Waals surface area contributed by atoms with E-state index < -0.39 is 0 Å². The zero-order valence-corrected chi connectivity index (χ0v) is 8.51. The molecule has 0 aliphatic rings. The summed E-state index contributed by atoms with van der Waals surface area (Å²) in [7, 11) is 0. The number of aromatic nitrogens is 2. The molecular formula is C9H12N2OS. The minimum absolute atomic E-state index is 0.307. The minimum atomic E-state index is -0.307. The lowest BCUT2D eigenvalue weighted by atomic mass is 10.2. The number of imidazole rings is 1. The minimum Gasteiger partial charge on any atom is -0.393 e. The van der Waals surface area contributed by atoms with Crippen LogP contribution in [0.25, 0.3) is 4.96 Å². The van der Waals surface area contributed by atoms with Crippen LogP contribution in [0.3, 0.4) is 0 Å². The molecule has 0 saturated carbocycles. The summed E-state index contributed by atoms with van der Waals surface area (Å²) in [5.74, 6) is 0. The molecule has 0 radical (unpaired) electrons. The molecule has 2 aromatic rings. The van der Waals surface area contributed by atoms with Crippen molar-refractivity contribution in [1.29, 1.82) is 0 Å². The van der Waals surface area contributed by atoms with Gasteiger partial charge in [-0.15, -0.1) is 11.3 Å². The molecule has 0 bridgehead atoms. The van der Waals surface area contributed by atoms with Gasteiger partial charge in [0, 0.05) is 23.7 Å². The summed E-state index contributed by atoms with van der Waals surface area (Å²) in [4.78, 5) is 5.40. The first-order valence-corrected chi connectivity index (χ1v) is 5.15. The third-order valence-electron chi connectivity index (χ3n) is 2.05. The highest BCUT2D eigenvalue weighted by Crippen LogP contribution is 2.17. The van der Waals surface area contributed by atoms with E-state index in [1.165, 1.54) is 0 Å². The molecule has 2 rings (SSSR count). The Kier molecular flexibility index (Phi) is 2.09. The molecule has 2 aromatic heterocycles. The summed E-state index contributed by atoms with van der Waals surface area (Å²) in [5.41, 5.74) is 2.14. The van der Waals surface area contributed by atoms with E-state index in [0.29, 0.717) is 6.42 Å². The molecular weight excluding hydrogens is 184 g/mol. The Morgan fingerprint density at radius 2 is 2.46 bits per heavy atom. The molecule has 13 heavy (non-hydrogen) atoms. The Labute approximate surface area is 80.7 Å². The molecule has 0 amide bonds. The highest BCUT2D eigenvalue weighted by atomic mass is 32.1. The predicted molar refractivity (Wildman–Crippen MR) is 53.2 cm³/mol. The van der Waals surface area contributed by atoms with E-state index in [9.17, 15) is 5.11 Å². The van der Waals surface area contributed by atoms with Gasteiger partial charge in [-0.25, -0.2) is 4.98 Å². The van der Waals surface area contributed by atoms with Crippen molar-refractivity contribution in [2.45, 2.75) is 26.4 Å². The number of aryl methyl sites for hydroxylation is 1. The monoisotopic (exact) mass is 196 g/mol. The second-order valence-corrected chi connectivity index (χ2v) is 4.13. The number of rotatable bonds is 2. The lowest BCUT2D eigenvalue weighted by molar-refractivity contribution is 0.194. The fourth-order valence-electron chi connectivity index (χ4n) is 1.47. The average Bonchev–Trinajstić information content (AvgIpc) is 2.55.